The quantitative estimate of drug-likeness (QED) is 0.823. The Balaban J connectivity index is 2.22. The molecule has 0 amide bonds. The molecule has 0 saturated heterocycles. The lowest BCUT2D eigenvalue weighted by atomic mass is 9.79. The Bertz CT molecular complexity index is 870. The second kappa shape index (κ2) is 5.40. The highest BCUT2D eigenvalue weighted by Crippen LogP contribution is 2.44. The van der Waals surface area contributed by atoms with Crippen LogP contribution in [0.15, 0.2) is 18.2 Å². The highest BCUT2D eigenvalue weighted by molar-refractivity contribution is 6.09. The Hall–Kier alpha value is -2.76. The Morgan fingerprint density at radius 2 is 1.92 bits per heavy atom. The maximum absolute atomic E-state index is 12.5. The number of methoxy groups -OCH3 is 1. The van der Waals surface area contributed by atoms with Crippen LogP contribution in [0.4, 0.5) is 0 Å². The number of benzene rings is 2. The summed E-state index contributed by atoms with van der Waals surface area (Å²) in [5.41, 5.74) is -0.197. The number of ether oxygens (including phenoxy) is 2. The average molecular weight is 330 g/mol. The second-order valence-electron chi connectivity index (χ2n) is 6.32. The number of esters is 1. The van der Waals surface area contributed by atoms with E-state index in [-0.39, 0.29) is 34.7 Å². The normalized spacial score (nSPS) is 19.9. The standard InChI is InChI=1S/C18H18O6/c1-9(19)24-18(2)7-11-4-10-5-12(23-3)6-13(20)15(10)17(22)16(11)14(21)8-18/h4-6,20,22H,7-8H2,1-3H3. The zero-order valence-electron chi connectivity index (χ0n) is 13.7. The Morgan fingerprint density at radius 3 is 2.54 bits per heavy atom. The van der Waals surface area contributed by atoms with Gasteiger partial charge in [-0.25, -0.2) is 0 Å². The van der Waals surface area contributed by atoms with E-state index >= 15 is 0 Å². The molecule has 1 aliphatic rings. The van der Waals surface area contributed by atoms with Gasteiger partial charge < -0.3 is 19.7 Å². The Morgan fingerprint density at radius 1 is 1.21 bits per heavy atom. The summed E-state index contributed by atoms with van der Waals surface area (Å²) in [6.07, 6.45) is 0.282. The van der Waals surface area contributed by atoms with Gasteiger partial charge in [0.15, 0.2) is 5.78 Å². The number of hydrogen-bond donors (Lipinski definition) is 2. The summed E-state index contributed by atoms with van der Waals surface area (Å²) in [6, 6.07) is 4.76. The van der Waals surface area contributed by atoms with E-state index in [1.807, 2.05) is 0 Å². The van der Waals surface area contributed by atoms with Crippen molar-refractivity contribution in [1.29, 1.82) is 0 Å². The highest BCUT2D eigenvalue weighted by atomic mass is 16.6. The lowest BCUT2D eigenvalue weighted by molar-refractivity contribution is -0.155. The molecule has 2 N–H and O–H groups in total. The van der Waals surface area contributed by atoms with Crippen LogP contribution < -0.4 is 4.74 Å². The Labute approximate surface area is 138 Å². The van der Waals surface area contributed by atoms with Gasteiger partial charge in [-0.15, -0.1) is 0 Å². The van der Waals surface area contributed by atoms with E-state index in [9.17, 15) is 19.8 Å². The first-order valence-corrected chi connectivity index (χ1v) is 7.52. The lowest BCUT2D eigenvalue weighted by Gasteiger charge is -2.33. The lowest BCUT2D eigenvalue weighted by Crippen LogP contribution is -2.40. The molecule has 2 aromatic carbocycles. The van der Waals surface area contributed by atoms with Crippen molar-refractivity contribution in [3.63, 3.8) is 0 Å². The van der Waals surface area contributed by atoms with Gasteiger partial charge in [0.05, 0.1) is 24.5 Å². The Kier molecular flexibility index (Phi) is 3.63. The average Bonchev–Trinajstić information content (AvgIpc) is 2.43. The molecule has 1 unspecified atom stereocenters. The number of hydrogen-bond acceptors (Lipinski definition) is 6. The van der Waals surface area contributed by atoms with Crippen LogP contribution in [0.5, 0.6) is 17.2 Å². The van der Waals surface area contributed by atoms with Gasteiger partial charge in [-0.05, 0) is 30.0 Å². The maximum Gasteiger partial charge on any atom is 0.303 e. The van der Waals surface area contributed by atoms with Crippen LogP contribution in [0.25, 0.3) is 10.8 Å². The zero-order valence-corrected chi connectivity index (χ0v) is 13.7. The van der Waals surface area contributed by atoms with E-state index in [1.54, 1.807) is 19.1 Å². The van der Waals surface area contributed by atoms with E-state index < -0.39 is 11.6 Å². The van der Waals surface area contributed by atoms with E-state index in [4.69, 9.17) is 9.47 Å². The second-order valence-corrected chi connectivity index (χ2v) is 6.32. The van der Waals surface area contributed by atoms with Crippen molar-refractivity contribution in [3.8, 4) is 17.2 Å². The maximum atomic E-state index is 12.5. The number of phenols is 2. The fourth-order valence-corrected chi connectivity index (χ4v) is 3.41. The summed E-state index contributed by atoms with van der Waals surface area (Å²) in [5, 5.41) is 21.4. The van der Waals surface area contributed by atoms with Crippen LogP contribution >= 0.6 is 0 Å². The third kappa shape index (κ3) is 2.54. The number of carbonyl (C=O) groups is 2. The number of Topliss-reactive ketones (excluding diaryl/α,β-unsaturated/α-hetero) is 1. The summed E-state index contributed by atoms with van der Waals surface area (Å²) in [5.74, 6) is -0.764. The predicted molar refractivity (Wildman–Crippen MR) is 86.7 cm³/mol. The third-order valence-electron chi connectivity index (χ3n) is 4.25. The molecule has 0 heterocycles. The molecule has 1 atom stereocenters. The van der Waals surface area contributed by atoms with E-state index in [0.717, 1.165) is 0 Å². The molecule has 0 aromatic heterocycles. The van der Waals surface area contributed by atoms with Gasteiger partial charge in [-0.3, -0.25) is 9.59 Å². The van der Waals surface area contributed by atoms with Gasteiger partial charge in [0, 0.05) is 19.4 Å². The zero-order chi connectivity index (χ0) is 17.6. The number of rotatable bonds is 2. The summed E-state index contributed by atoms with van der Waals surface area (Å²) >= 11 is 0. The van der Waals surface area contributed by atoms with Crippen molar-refractivity contribution in [2.75, 3.05) is 7.11 Å². The van der Waals surface area contributed by atoms with Crippen LogP contribution in [-0.2, 0) is 16.0 Å². The monoisotopic (exact) mass is 330 g/mol. The molecule has 24 heavy (non-hydrogen) atoms. The summed E-state index contributed by atoms with van der Waals surface area (Å²) in [6.45, 7) is 2.99. The highest BCUT2D eigenvalue weighted by Gasteiger charge is 2.39. The molecule has 0 spiro atoms. The molecule has 0 saturated carbocycles. The fraction of sp³-hybridized carbons (Fsp3) is 0.333. The molecule has 0 aliphatic heterocycles. The first kappa shape index (κ1) is 16.1. The van der Waals surface area contributed by atoms with Gasteiger partial charge in [-0.2, -0.15) is 0 Å². The van der Waals surface area contributed by atoms with Crippen LogP contribution in [0.3, 0.4) is 0 Å². The van der Waals surface area contributed by atoms with Gasteiger partial charge >= 0.3 is 5.97 Å². The third-order valence-corrected chi connectivity index (χ3v) is 4.25. The molecular weight excluding hydrogens is 312 g/mol. The minimum atomic E-state index is -0.947. The molecule has 0 bridgehead atoms. The fourth-order valence-electron chi connectivity index (χ4n) is 3.41. The minimum Gasteiger partial charge on any atom is -0.507 e. The van der Waals surface area contributed by atoms with Crippen molar-refractivity contribution in [2.45, 2.75) is 32.3 Å². The predicted octanol–water partition coefficient (Wildman–Crippen LogP) is 2.71. The molecule has 3 rings (SSSR count). The van der Waals surface area contributed by atoms with Crippen LogP contribution in [0, 0.1) is 0 Å². The first-order valence-electron chi connectivity index (χ1n) is 7.52. The SMILES string of the molecule is COc1cc(O)c2c(O)c3c(cc2c1)CC(C)(OC(C)=O)CC3=O. The summed E-state index contributed by atoms with van der Waals surface area (Å²) in [4.78, 5) is 23.8. The van der Waals surface area contributed by atoms with Crippen molar-refractivity contribution >= 4 is 22.5 Å². The van der Waals surface area contributed by atoms with Crippen molar-refractivity contribution < 1.29 is 29.3 Å². The first-order chi connectivity index (χ1) is 11.2. The minimum absolute atomic E-state index is 0.0183. The topological polar surface area (TPSA) is 93.1 Å². The number of carbonyl (C=O) groups excluding carboxylic acids is 2. The number of phenolic OH excluding ortho intramolecular Hbond substituents is 2. The van der Waals surface area contributed by atoms with E-state index in [0.29, 0.717) is 23.1 Å². The van der Waals surface area contributed by atoms with Crippen molar-refractivity contribution in [2.24, 2.45) is 0 Å². The molecule has 6 nitrogen and oxygen atoms in total. The summed E-state index contributed by atoms with van der Waals surface area (Å²) in [7, 11) is 1.47. The molecule has 0 radical (unpaired) electrons. The molecule has 0 fully saturated rings. The number of fused-ring (bicyclic) bond motifs is 2. The van der Waals surface area contributed by atoms with E-state index in [1.165, 1.54) is 20.1 Å². The van der Waals surface area contributed by atoms with Gasteiger partial charge in [0.1, 0.15) is 22.8 Å². The molecule has 6 heteroatoms. The van der Waals surface area contributed by atoms with E-state index in [2.05, 4.69) is 0 Å². The largest absolute Gasteiger partial charge is 0.507 e. The smallest absolute Gasteiger partial charge is 0.303 e. The molecule has 126 valence electrons. The van der Waals surface area contributed by atoms with Crippen LogP contribution in [-0.4, -0.2) is 34.7 Å². The van der Waals surface area contributed by atoms with Crippen LogP contribution in [0.1, 0.15) is 36.2 Å². The van der Waals surface area contributed by atoms with Gasteiger partial charge in [-0.1, -0.05) is 0 Å². The number of ketones is 1. The van der Waals surface area contributed by atoms with Gasteiger partial charge in [0.2, 0.25) is 0 Å². The summed E-state index contributed by atoms with van der Waals surface area (Å²) < 4.78 is 10.4. The van der Waals surface area contributed by atoms with Crippen molar-refractivity contribution in [1.82, 2.24) is 0 Å². The van der Waals surface area contributed by atoms with Gasteiger partial charge in [0.25, 0.3) is 0 Å². The number of aromatic hydroxyl groups is 2. The molecule has 2 aromatic rings. The van der Waals surface area contributed by atoms with Crippen LogP contribution in [0.2, 0.25) is 0 Å². The molecule has 1 aliphatic carbocycles. The molecular formula is C18H18O6. The van der Waals surface area contributed by atoms with Crippen molar-refractivity contribution in [3.05, 3.63) is 29.3 Å².